The van der Waals surface area contributed by atoms with Crippen molar-refractivity contribution in [3.05, 3.63) is 19.2 Å². The van der Waals surface area contributed by atoms with E-state index in [-0.39, 0.29) is 0 Å². The average molecular weight is 195 g/mol. The summed E-state index contributed by atoms with van der Waals surface area (Å²) < 4.78 is 0. The second kappa shape index (κ2) is 7.02. The molecule has 81 valence electrons. The molecular weight excluding hydrogens is 172 g/mol. The zero-order valence-corrected chi connectivity index (χ0v) is 9.41. The van der Waals surface area contributed by atoms with E-state index < -0.39 is 0 Å². The third kappa shape index (κ3) is 4.25. The topological polar surface area (TPSA) is 6.48 Å². The van der Waals surface area contributed by atoms with Gasteiger partial charge in [0.15, 0.2) is 0 Å². The molecule has 2 heteroatoms. The molecule has 0 aromatic heterocycles. The van der Waals surface area contributed by atoms with Gasteiger partial charge in [0.1, 0.15) is 0 Å². The van der Waals surface area contributed by atoms with Crippen LogP contribution in [-0.2, 0) is 0 Å². The summed E-state index contributed by atoms with van der Waals surface area (Å²) in [4.78, 5) is 4.92. The van der Waals surface area contributed by atoms with E-state index in [1.54, 1.807) is 0 Å². The van der Waals surface area contributed by atoms with Gasteiger partial charge in [-0.15, -0.1) is 6.58 Å². The van der Waals surface area contributed by atoms with Gasteiger partial charge in [0.25, 0.3) is 0 Å². The molecule has 0 N–H and O–H groups in total. The van der Waals surface area contributed by atoms with Crippen LogP contribution in [0.25, 0.3) is 0 Å². The average Bonchev–Trinajstić information content (AvgIpc) is 2.21. The Morgan fingerprint density at radius 1 is 1.14 bits per heavy atom. The summed E-state index contributed by atoms with van der Waals surface area (Å²) in [6.45, 7) is 14.1. The fraction of sp³-hybridized carbons (Fsp3) is 0.750. The van der Waals surface area contributed by atoms with Gasteiger partial charge in [-0.05, 0) is 13.0 Å². The summed E-state index contributed by atoms with van der Waals surface area (Å²) in [5, 5.41) is 0. The Morgan fingerprint density at radius 2 is 1.86 bits per heavy atom. The third-order valence-electron chi connectivity index (χ3n) is 2.80. The minimum Gasteiger partial charge on any atom is -0.301 e. The maximum Gasteiger partial charge on any atom is 0.0468 e. The maximum absolute atomic E-state index is 3.72. The molecule has 1 saturated heterocycles. The van der Waals surface area contributed by atoms with Gasteiger partial charge in [0, 0.05) is 32.7 Å². The van der Waals surface area contributed by atoms with Crippen LogP contribution in [-0.4, -0.2) is 42.5 Å². The summed E-state index contributed by atoms with van der Waals surface area (Å²) in [6.07, 6.45) is 5.94. The smallest absolute Gasteiger partial charge is 0.0468 e. The van der Waals surface area contributed by atoms with Gasteiger partial charge in [-0.25, -0.2) is 0 Å². The molecule has 0 aromatic rings. The van der Waals surface area contributed by atoms with Crippen molar-refractivity contribution < 1.29 is 0 Å². The lowest BCUT2D eigenvalue weighted by molar-refractivity contribution is 0.157. The second-order valence-electron chi connectivity index (χ2n) is 3.97. The molecular formula is C12H23N2. The van der Waals surface area contributed by atoms with Gasteiger partial charge >= 0.3 is 0 Å². The van der Waals surface area contributed by atoms with E-state index in [9.17, 15) is 0 Å². The van der Waals surface area contributed by atoms with Crippen LogP contribution < -0.4 is 0 Å². The molecule has 1 aliphatic rings. The minimum absolute atomic E-state index is 1.16. The molecule has 1 aliphatic heterocycles. The molecule has 0 aromatic carbocycles. The fourth-order valence-electron chi connectivity index (χ4n) is 1.87. The van der Waals surface area contributed by atoms with E-state index in [4.69, 9.17) is 0 Å². The summed E-state index contributed by atoms with van der Waals surface area (Å²) in [5.74, 6) is 0. The van der Waals surface area contributed by atoms with E-state index in [0.29, 0.717) is 0 Å². The zero-order chi connectivity index (χ0) is 10.2. The van der Waals surface area contributed by atoms with Crippen molar-refractivity contribution in [2.75, 3.05) is 32.7 Å². The Kier molecular flexibility index (Phi) is 5.88. The van der Waals surface area contributed by atoms with Crippen LogP contribution in [0.5, 0.6) is 0 Å². The van der Waals surface area contributed by atoms with E-state index in [2.05, 4.69) is 29.8 Å². The molecule has 1 heterocycles. The predicted molar refractivity (Wildman–Crippen MR) is 62.0 cm³/mol. The van der Waals surface area contributed by atoms with Crippen LogP contribution in [0, 0.1) is 6.54 Å². The normalized spacial score (nSPS) is 19.8. The lowest BCUT2D eigenvalue weighted by Crippen LogP contribution is -2.45. The molecule has 0 atom stereocenters. The Hall–Kier alpha value is -0.340. The minimum atomic E-state index is 1.16. The van der Waals surface area contributed by atoms with Crippen molar-refractivity contribution in [2.45, 2.75) is 26.2 Å². The SMILES string of the molecule is C=C[CH]N1CCN(CCCCC)CC1. The van der Waals surface area contributed by atoms with Crippen LogP contribution in [0.4, 0.5) is 0 Å². The number of unbranched alkanes of at least 4 members (excludes halogenated alkanes) is 2. The first-order valence-electron chi connectivity index (χ1n) is 5.79. The van der Waals surface area contributed by atoms with Crippen molar-refractivity contribution in [1.29, 1.82) is 0 Å². The number of hydrogen-bond donors (Lipinski definition) is 0. The number of rotatable bonds is 6. The highest BCUT2D eigenvalue weighted by Gasteiger charge is 2.14. The third-order valence-corrected chi connectivity index (χ3v) is 2.80. The van der Waals surface area contributed by atoms with Crippen LogP contribution in [0.3, 0.4) is 0 Å². The largest absolute Gasteiger partial charge is 0.301 e. The van der Waals surface area contributed by atoms with E-state index in [1.165, 1.54) is 38.9 Å². The Labute approximate surface area is 88.6 Å². The van der Waals surface area contributed by atoms with Crippen molar-refractivity contribution >= 4 is 0 Å². The summed E-state index contributed by atoms with van der Waals surface area (Å²) in [6, 6.07) is 0. The lowest BCUT2D eigenvalue weighted by Gasteiger charge is -2.33. The van der Waals surface area contributed by atoms with Gasteiger partial charge < -0.3 is 4.90 Å². The summed E-state index contributed by atoms with van der Waals surface area (Å²) >= 11 is 0. The van der Waals surface area contributed by atoms with Crippen LogP contribution in [0.1, 0.15) is 26.2 Å². The Bertz CT molecular complexity index is 148. The van der Waals surface area contributed by atoms with Crippen LogP contribution >= 0.6 is 0 Å². The highest BCUT2D eigenvalue weighted by molar-refractivity contribution is 4.89. The second-order valence-corrected chi connectivity index (χ2v) is 3.97. The van der Waals surface area contributed by atoms with E-state index in [0.717, 1.165) is 13.1 Å². The quantitative estimate of drug-likeness (QED) is 0.599. The first-order chi connectivity index (χ1) is 6.86. The first-order valence-corrected chi connectivity index (χ1v) is 5.79. The lowest BCUT2D eigenvalue weighted by atomic mass is 10.2. The summed E-state index contributed by atoms with van der Waals surface area (Å²) in [5.41, 5.74) is 0. The van der Waals surface area contributed by atoms with Crippen LogP contribution in [0.15, 0.2) is 12.7 Å². The van der Waals surface area contributed by atoms with Crippen molar-refractivity contribution in [3.63, 3.8) is 0 Å². The zero-order valence-electron chi connectivity index (χ0n) is 9.41. The number of nitrogens with zero attached hydrogens (tertiary/aromatic N) is 2. The first kappa shape index (κ1) is 11.7. The van der Waals surface area contributed by atoms with Gasteiger partial charge in [0.2, 0.25) is 0 Å². The monoisotopic (exact) mass is 195 g/mol. The molecule has 1 rings (SSSR count). The molecule has 0 aliphatic carbocycles. The van der Waals surface area contributed by atoms with Gasteiger partial charge in [-0.3, -0.25) is 4.90 Å². The number of hydrogen-bond acceptors (Lipinski definition) is 2. The molecule has 2 nitrogen and oxygen atoms in total. The predicted octanol–water partition coefficient (Wildman–Crippen LogP) is 2.14. The standard InChI is InChI=1S/C12H23N2/c1-3-5-6-8-14-11-9-13(7-4-2)10-12-14/h4,7H,2-3,5-6,8-12H2,1H3. The van der Waals surface area contributed by atoms with Gasteiger partial charge in [-0.1, -0.05) is 25.8 Å². The Morgan fingerprint density at radius 3 is 2.43 bits per heavy atom. The van der Waals surface area contributed by atoms with Gasteiger partial charge in [-0.2, -0.15) is 0 Å². The van der Waals surface area contributed by atoms with Crippen LogP contribution in [0.2, 0.25) is 0 Å². The van der Waals surface area contributed by atoms with Crippen molar-refractivity contribution in [3.8, 4) is 0 Å². The number of piperazine rings is 1. The maximum atomic E-state index is 3.72. The molecule has 0 amide bonds. The molecule has 0 saturated carbocycles. The molecule has 0 unspecified atom stereocenters. The molecule has 1 radical (unpaired) electrons. The molecule has 14 heavy (non-hydrogen) atoms. The molecule has 1 fully saturated rings. The van der Waals surface area contributed by atoms with Gasteiger partial charge in [0.05, 0.1) is 0 Å². The highest BCUT2D eigenvalue weighted by Crippen LogP contribution is 2.05. The molecule has 0 bridgehead atoms. The fourth-order valence-corrected chi connectivity index (χ4v) is 1.87. The molecule has 0 spiro atoms. The van der Waals surface area contributed by atoms with Crippen molar-refractivity contribution in [1.82, 2.24) is 9.80 Å². The summed E-state index contributed by atoms with van der Waals surface area (Å²) in [7, 11) is 0. The van der Waals surface area contributed by atoms with Crippen molar-refractivity contribution in [2.24, 2.45) is 0 Å². The van der Waals surface area contributed by atoms with E-state index >= 15 is 0 Å². The van der Waals surface area contributed by atoms with E-state index in [1.807, 2.05) is 6.08 Å². The Balaban J connectivity index is 2.06. The highest BCUT2D eigenvalue weighted by atomic mass is 15.3.